The Morgan fingerprint density at radius 3 is 2.08 bits per heavy atom. The number of nitrogens with one attached hydrogen (secondary N) is 1. The molecule has 16 nitrogen and oxygen atoms in total. The molecule has 18 heteroatoms. The second-order valence-corrected chi connectivity index (χ2v) is 22.9. The quantitative estimate of drug-likeness (QED) is 0.0385. The van der Waals surface area contributed by atoms with Crippen LogP contribution >= 0.6 is 21.6 Å². The molecule has 2 heterocycles. The molecule has 3 fully saturated rings. The Morgan fingerprint density at radius 1 is 0.831 bits per heavy atom. The lowest BCUT2D eigenvalue weighted by Gasteiger charge is -2.67. The highest BCUT2D eigenvalue weighted by Gasteiger charge is 2.77. The van der Waals surface area contributed by atoms with Crippen molar-refractivity contribution in [2.45, 2.75) is 119 Å². The van der Waals surface area contributed by atoms with E-state index in [-0.39, 0.29) is 30.8 Å². The Labute approximate surface area is 454 Å². The number of aliphatic hydroxyl groups is 2. The van der Waals surface area contributed by atoms with Crippen molar-refractivity contribution in [2.75, 3.05) is 6.61 Å². The minimum absolute atomic E-state index is 0.102. The summed E-state index contributed by atoms with van der Waals surface area (Å²) in [5, 5.41) is 29.8. The summed E-state index contributed by atoms with van der Waals surface area (Å²) >= 11 is 0. The third-order valence-corrected chi connectivity index (χ3v) is 18.2. The van der Waals surface area contributed by atoms with Crippen LogP contribution in [0, 0.1) is 22.7 Å². The number of ether oxygens (including phenoxy) is 6. The van der Waals surface area contributed by atoms with Crippen molar-refractivity contribution in [1.82, 2.24) is 10.3 Å². The smallest absolute Gasteiger partial charge is 0.455 e. The number of carbonyl (C=O) groups is 6. The molecule has 3 N–H and O–H groups in total. The number of benzene rings is 4. The van der Waals surface area contributed by atoms with Gasteiger partial charge in [0.25, 0.3) is 5.91 Å². The molecular weight excluding hydrogens is 1020 g/mol. The van der Waals surface area contributed by atoms with E-state index < -0.39 is 113 Å². The maximum atomic E-state index is 15.6. The van der Waals surface area contributed by atoms with Crippen LogP contribution in [0.3, 0.4) is 0 Å². The first kappa shape index (κ1) is 54.9. The van der Waals surface area contributed by atoms with Crippen LogP contribution in [0.1, 0.15) is 92.3 Å². The van der Waals surface area contributed by atoms with Crippen molar-refractivity contribution in [1.29, 1.82) is 0 Å². The largest absolute Gasteiger partial charge is 0.509 e. The Hall–Kier alpha value is -6.83. The molecule has 1 amide bonds. The molecule has 1 saturated heterocycles. The highest BCUT2D eigenvalue weighted by molar-refractivity contribution is 8.76. The topological polar surface area (TPSA) is 223 Å². The van der Waals surface area contributed by atoms with Gasteiger partial charge in [-0.3, -0.25) is 14.4 Å². The first-order valence-electron chi connectivity index (χ1n) is 25.3. The molecule has 2 bridgehead atoms. The standard InChI is InChI=1S/C59H60N2O14S2/c1-34-42(31-59(69)51(74-53(66)40-22-14-9-15-23-40)49-57(6,50(64)35(2)46(34)56(59,4)5)43(63)30-44-58(49,33-71-44)75-36(3)62)72-54(67)48(47(38-18-10-7-11-19-38)61-52(65)39-20-12-8-13-21-39)73-55(68)70-32-37-25-27-41(28-26-37)76-77-45-24-16-17-29-60-45/h7-29,35,42-44,47-49,51,63,69H,30-33H2,1-6H3,(H,61,65)/t35-,42?,43+,44?,47?,48-,49+,51+,57-,58+,59-/m1/s1. The summed E-state index contributed by atoms with van der Waals surface area (Å²) in [4.78, 5) is 91.9. The fourth-order valence-corrected chi connectivity index (χ4v) is 13.8. The molecule has 3 unspecified atom stereocenters. The zero-order valence-electron chi connectivity index (χ0n) is 43.3. The molecule has 4 aromatic carbocycles. The van der Waals surface area contributed by atoms with E-state index >= 15 is 9.59 Å². The van der Waals surface area contributed by atoms with Gasteiger partial charge in [-0.15, -0.1) is 0 Å². The van der Waals surface area contributed by atoms with Crippen LogP contribution in [0.4, 0.5) is 4.79 Å². The molecule has 1 aromatic heterocycles. The molecule has 77 heavy (non-hydrogen) atoms. The van der Waals surface area contributed by atoms with Crippen LogP contribution in [-0.4, -0.2) is 99.3 Å². The normalized spacial score (nSPS) is 27.8. The van der Waals surface area contributed by atoms with Crippen molar-refractivity contribution in [2.24, 2.45) is 22.7 Å². The van der Waals surface area contributed by atoms with Crippen LogP contribution in [-0.2, 0) is 49.4 Å². The van der Waals surface area contributed by atoms with Crippen LogP contribution < -0.4 is 5.32 Å². The van der Waals surface area contributed by atoms with Gasteiger partial charge in [0.1, 0.15) is 47.4 Å². The molecule has 11 atom stereocenters. The minimum atomic E-state index is -2.29. The van der Waals surface area contributed by atoms with Crippen molar-refractivity contribution >= 4 is 57.3 Å². The summed E-state index contributed by atoms with van der Waals surface area (Å²) in [6, 6.07) is 36.1. The number of rotatable bonds is 15. The Morgan fingerprint density at radius 2 is 1.47 bits per heavy atom. The first-order chi connectivity index (χ1) is 36.8. The van der Waals surface area contributed by atoms with Gasteiger partial charge in [0.15, 0.2) is 5.60 Å². The highest BCUT2D eigenvalue weighted by Crippen LogP contribution is 2.65. The molecule has 3 aliphatic carbocycles. The molecule has 2 saturated carbocycles. The molecule has 1 aliphatic heterocycles. The maximum Gasteiger partial charge on any atom is 0.509 e. The predicted molar refractivity (Wildman–Crippen MR) is 283 cm³/mol. The molecule has 4 aliphatic rings. The average Bonchev–Trinajstić information content (AvgIpc) is 3.43. The van der Waals surface area contributed by atoms with E-state index in [1.807, 2.05) is 30.3 Å². The van der Waals surface area contributed by atoms with E-state index in [4.69, 9.17) is 28.4 Å². The van der Waals surface area contributed by atoms with Gasteiger partial charge in [0.2, 0.25) is 6.10 Å². The Bertz CT molecular complexity index is 3040. The summed E-state index contributed by atoms with van der Waals surface area (Å²) in [6.07, 6.45) is -7.66. The molecule has 0 radical (unpaired) electrons. The number of fused-ring (bicyclic) bond motifs is 5. The number of nitrogens with zero attached hydrogens (tertiary/aromatic N) is 1. The summed E-state index contributed by atoms with van der Waals surface area (Å²) < 4.78 is 36.7. The van der Waals surface area contributed by atoms with E-state index in [9.17, 15) is 29.4 Å². The third-order valence-electron chi connectivity index (χ3n) is 15.9. The summed E-state index contributed by atoms with van der Waals surface area (Å²) in [5.41, 5.74) is -5.27. The number of ketones is 1. The predicted octanol–water partition coefficient (Wildman–Crippen LogP) is 9.00. The number of esters is 3. The molecule has 5 aromatic rings. The van der Waals surface area contributed by atoms with Crippen molar-refractivity contribution in [3.63, 3.8) is 0 Å². The van der Waals surface area contributed by atoms with Crippen molar-refractivity contribution in [3.8, 4) is 0 Å². The maximum absolute atomic E-state index is 15.6. The van der Waals surface area contributed by atoms with Crippen LogP contribution in [0.5, 0.6) is 0 Å². The van der Waals surface area contributed by atoms with Gasteiger partial charge in [-0.25, -0.2) is 19.4 Å². The fraction of sp³-hybridized carbons (Fsp3) is 0.373. The first-order valence-corrected chi connectivity index (χ1v) is 27.5. The number of hydrogen-bond donors (Lipinski definition) is 3. The third kappa shape index (κ3) is 10.5. The SMILES string of the molecule is CC(=O)O[C@@]12COC1C[C@H](O)[C@@]1(C)C(=O)[C@H](C)C3=C(C)C(OC(=O)[C@H](OC(=O)OCc4ccc(SSc5ccccn5)cc4)C(NC(=O)c4ccccc4)c4ccccc4)C[C@@](O)([C@@H](OC(=O)c4ccccc4)[C@@H]12)C3(C)C. The van der Waals surface area contributed by atoms with E-state index in [0.29, 0.717) is 22.3 Å². The van der Waals surface area contributed by atoms with Gasteiger partial charge in [-0.1, -0.05) is 116 Å². The minimum Gasteiger partial charge on any atom is -0.455 e. The van der Waals surface area contributed by atoms with E-state index in [0.717, 1.165) is 9.92 Å². The zero-order chi connectivity index (χ0) is 54.9. The zero-order valence-corrected chi connectivity index (χ0v) is 44.9. The van der Waals surface area contributed by atoms with Crippen molar-refractivity contribution in [3.05, 3.63) is 173 Å². The summed E-state index contributed by atoms with van der Waals surface area (Å²) in [6.45, 7) is 8.94. The number of carbonyl (C=O) groups excluding carboxylic acids is 6. The summed E-state index contributed by atoms with van der Waals surface area (Å²) in [5.74, 6) is -6.42. The monoisotopic (exact) mass is 1080 g/mol. The summed E-state index contributed by atoms with van der Waals surface area (Å²) in [7, 11) is 2.98. The second kappa shape index (κ2) is 22.3. The lowest BCUT2D eigenvalue weighted by Crippen LogP contribution is -2.81. The van der Waals surface area contributed by atoms with Gasteiger partial charge in [0, 0.05) is 47.8 Å². The Kier molecular flexibility index (Phi) is 15.9. The van der Waals surface area contributed by atoms with Gasteiger partial charge in [-0.05, 0) is 95.4 Å². The van der Waals surface area contributed by atoms with E-state index in [1.165, 1.54) is 40.6 Å². The second-order valence-electron chi connectivity index (χ2n) is 20.7. The van der Waals surface area contributed by atoms with E-state index in [2.05, 4.69) is 10.3 Å². The van der Waals surface area contributed by atoms with Crippen LogP contribution in [0.25, 0.3) is 0 Å². The molecule has 9 rings (SSSR count). The number of hydrogen-bond acceptors (Lipinski definition) is 17. The number of pyridine rings is 1. The lowest BCUT2D eigenvalue weighted by atomic mass is 9.43. The number of amides is 1. The van der Waals surface area contributed by atoms with Crippen LogP contribution in [0.15, 0.2) is 161 Å². The van der Waals surface area contributed by atoms with Crippen molar-refractivity contribution < 1.29 is 67.4 Å². The lowest BCUT2D eigenvalue weighted by molar-refractivity contribution is -0.345. The Balaban J connectivity index is 1.09. The molecule has 402 valence electrons. The van der Waals surface area contributed by atoms with Gasteiger partial charge < -0.3 is 44.0 Å². The van der Waals surface area contributed by atoms with Gasteiger partial charge in [0.05, 0.1) is 29.6 Å². The number of aromatic nitrogens is 1. The van der Waals surface area contributed by atoms with E-state index in [1.54, 1.807) is 132 Å². The molecular formula is C59H60N2O14S2. The number of Topliss-reactive ketones (excluding diaryl/α,β-unsaturated/α-hetero) is 1. The number of aliphatic hydroxyl groups excluding tert-OH is 1. The average molecular weight is 1090 g/mol. The van der Waals surface area contributed by atoms with Crippen LogP contribution in [0.2, 0.25) is 0 Å². The fourth-order valence-electron chi connectivity index (χ4n) is 11.9. The van der Waals surface area contributed by atoms with Gasteiger partial charge >= 0.3 is 24.1 Å². The highest BCUT2D eigenvalue weighted by atomic mass is 33.1. The molecule has 0 spiro atoms. The van der Waals surface area contributed by atoms with Gasteiger partial charge in [-0.2, -0.15) is 0 Å².